The molecule has 0 bridgehead atoms. The molecule has 3 rings (SSSR count). The largest absolute Gasteiger partial charge is 0.328 e. The third kappa shape index (κ3) is 3.87. The molecule has 1 saturated heterocycles. The lowest BCUT2D eigenvalue weighted by atomic mass is 10.0. The zero-order valence-electron chi connectivity index (χ0n) is 12.5. The number of nitro groups is 1. The molecule has 1 aromatic carbocycles. The van der Waals surface area contributed by atoms with Crippen LogP contribution in [0.1, 0.15) is 21.3 Å². The molecule has 1 N–H and O–H groups in total. The van der Waals surface area contributed by atoms with Crippen LogP contribution >= 0.6 is 35.3 Å². The Hall–Kier alpha value is -1.67. The van der Waals surface area contributed by atoms with Crippen molar-refractivity contribution in [2.75, 3.05) is 19.6 Å². The lowest BCUT2D eigenvalue weighted by molar-refractivity contribution is -0.380. The van der Waals surface area contributed by atoms with E-state index in [1.165, 1.54) is 12.1 Å². The number of carbonyl (C=O) groups excluding carboxylic acids is 1. The number of halogens is 2. The van der Waals surface area contributed by atoms with Gasteiger partial charge in [-0.15, -0.1) is 12.4 Å². The Kier molecular flexibility index (Phi) is 6.17. The van der Waals surface area contributed by atoms with Crippen LogP contribution in [0.25, 0.3) is 0 Å². The van der Waals surface area contributed by atoms with Crippen LogP contribution in [0.3, 0.4) is 0 Å². The molecule has 1 aliphatic rings. The van der Waals surface area contributed by atoms with E-state index in [4.69, 9.17) is 11.6 Å². The van der Waals surface area contributed by atoms with Gasteiger partial charge < -0.3 is 10.2 Å². The average Bonchev–Trinajstić information content (AvgIpc) is 3.04. The lowest BCUT2D eigenvalue weighted by Crippen LogP contribution is -2.48. The number of hydrogen-bond donors (Lipinski definition) is 1. The quantitative estimate of drug-likeness (QED) is 0.645. The van der Waals surface area contributed by atoms with Gasteiger partial charge in [-0.1, -0.05) is 35.1 Å². The van der Waals surface area contributed by atoms with Crippen LogP contribution in [0.4, 0.5) is 5.00 Å². The van der Waals surface area contributed by atoms with Crippen molar-refractivity contribution < 1.29 is 9.72 Å². The highest BCUT2D eigenvalue weighted by atomic mass is 35.5. The molecule has 0 aliphatic carbocycles. The van der Waals surface area contributed by atoms with E-state index in [9.17, 15) is 14.9 Å². The number of rotatable bonds is 3. The first-order valence-corrected chi connectivity index (χ1v) is 8.27. The topological polar surface area (TPSA) is 75.5 Å². The van der Waals surface area contributed by atoms with Gasteiger partial charge in [-0.2, -0.15) is 0 Å². The van der Waals surface area contributed by atoms with Gasteiger partial charge in [-0.3, -0.25) is 14.9 Å². The summed E-state index contributed by atoms with van der Waals surface area (Å²) < 4.78 is 0. The fourth-order valence-corrected chi connectivity index (χ4v) is 3.62. The zero-order chi connectivity index (χ0) is 16.4. The standard InChI is InChI=1S/C15H14ClN3O3S.ClH/c16-11-3-1-2-10(8-11)12-9-17-6-7-18(12)15(20)13-4-5-14(23-13)19(21)22;/h1-5,8,12,17H,6-7,9H2;1H. The molecule has 1 fully saturated rings. The zero-order valence-corrected chi connectivity index (χ0v) is 14.9. The van der Waals surface area contributed by atoms with E-state index in [-0.39, 0.29) is 29.4 Å². The highest BCUT2D eigenvalue weighted by Crippen LogP contribution is 2.30. The molecule has 0 radical (unpaired) electrons. The number of carbonyl (C=O) groups is 1. The monoisotopic (exact) mass is 387 g/mol. The van der Waals surface area contributed by atoms with Gasteiger partial charge in [-0.25, -0.2) is 0 Å². The lowest BCUT2D eigenvalue weighted by Gasteiger charge is -2.36. The smallest absolute Gasteiger partial charge is 0.324 e. The Balaban J connectivity index is 0.00000208. The molecule has 128 valence electrons. The molecule has 24 heavy (non-hydrogen) atoms. The minimum atomic E-state index is -0.479. The Morgan fingerprint density at radius 3 is 2.83 bits per heavy atom. The summed E-state index contributed by atoms with van der Waals surface area (Å²) in [4.78, 5) is 25.2. The minimum absolute atomic E-state index is 0. The molecule has 6 nitrogen and oxygen atoms in total. The number of amides is 1. The number of nitrogens with zero attached hydrogens (tertiary/aromatic N) is 2. The molecule has 2 heterocycles. The highest BCUT2D eigenvalue weighted by molar-refractivity contribution is 7.17. The Morgan fingerprint density at radius 1 is 1.38 bits per heavy atom. The van der Waals surface area contributed by atoms with Crippen molar-refractivity contribution in [2.24, 2.45) is 0 Å². The van der Waals surface area contributed by atoms with Crippen LogP contribution in [-0.2, 0) is 0 Å². The molecule has 1 amide bonds. The second kappa shape index (κ2) is 7.94. The maximum atomic E-state index is 12.8. The fraction of sp³-hybridized carbons (Fsp3) is 0.267. The van der Waals surface area contributed by atoms with Crippen LogP contribution in [-0.4, -0.2) is 35.4 Å². The Labute approximate surface area is 154 Å². The van der Waals surface area contributed by atoms with Gasteiger partial charge in [0.15, 0.2) is 0 Å². The first-order valence-electron chi connectivity index (χ1n) is 7.07. The summed E-state index contributed by atoms with van der Waals surface area (Å²) in [6, 6.07) is 10.2. The van der Waals surface area contributed by atoms with E-state index in [1.54, 1.807) is 11.0 Å². The summed E-state index contributed by atoms with van der Waals surface area (Å²) in [7, 11) is 0. The van der Waals surface area contributed by atoms with Gasteiger partial charge in [0.25, 0.3) is 5.91 Å². The number of nitrogens with one attached hydrogen (secondary N) is 1. The predicted molar refractivity (Wildman–Crippen MR) is 96.3 cm³/mol. The number of thiophene rings is 1. The molecular formula is C15H15Cl2N3O3S. The van der Waals surface area contributed by atoms with Crippen molar-refractivity contribution in [3.8, 4) is 0 Å². The second-order valence-electron chi connectivity index (χ2n) is 5.17. The van der Waals surface area contributed by atoms with E-state index >= 15 is 0 Å². The second-order valence-corrected chi connectivity index (χ2v) is 6.67. The molecule has 1 unspecified atom stereocenters. The maximum Gasteiger partial charge on any atom is 0.324 e. The fourth-order valence-electron chi connectivity index (χ4n) is 2.64. The third-order valence-corrected chi connectivity index (χ3v) is 4.98. The minimum Gasteiger partial charge on any atom is -0.328 e. The average molecular weight is 388 g/mol. The van der Waals surface area contributed by atoms with E-state index < -0.39 is 4.92 Å². The first-order chi connectivity index (χ1) is 11.1. The molecule has 1 atom stereocenters. The SMILES string of the molecule is Cl.O=C(c1ccc([N+](=O)[O-])s1)N1CCNCC1c1cccc(Cl)c1. The van der Waals surface area contributed by atoms with E-state index in [1.807, 2.05) is 18.2 Å². The van der Waals surface area contributed by atoms with Crippen molar-refractivity contribution in [2.45, 2.75) is 6.04 Å². The van der Waals surface area contributed by atoms with Crippen molar-refractivity contribution >= 4 is 46.3 Å². The molecular weight excluding hydrogens is 373 g/mol. The maximum absolute atomic E-state index is 12.8. The first kappa shape index (κ1) is 18.7. The van der Waals surface area contributed by atoms with Crippen LogP contribution in [0.5, 0.6) is 0 Å². The van der Waals surface area contributed by atoms with E-state index in [0.29, 0.717) is 29.5 Å². The number of hydrogen-bond acceptors (Lipinski definition) is 5. The molecule has 1 aliphatic heterocycles. The van der Waals surface area contributed by atoms with Crippen molar-refractivity contribution in [3.63, 3.8) is 0 Å². The van der Waals surface area contributed by atoms with Crippen LogP contribution in [0, 0.1) is 10.1 Å². The number of benzene rings is 1. The summed E-state index contributed by atoms with van der Waals surface area (Å²) in [5.74, 6) is -0.186. The van der Waals surface area contributed by atoms with Gasteiger partial charge in [-0.05, 0) is 23.8 Å². The molecule has 0 spiro atoms. The van der Waals surface area contributed by atoms with Crippen LogP contribution < -0.4 is 5.32 Å². The van der Waals surface area contributed by atoms with Gasteiger partial charge in [0, 0.05) is 30.7 Å². The van der Waals surface area contributed by atoms with E-state index in [0.717, 1.165) is 16.9 Å². The van der Waals surface area contributed by atoms with Crippen molar-refractivity contribution in [1.82, 2.24) is 10.2 Å². The summed E-state index contributed by atoms with van der Waals surface area (Å²) in [6.07, 6.45) is 0. The Bertz CT molecular complexity index is 753. The van der Waals surface area contributed by atoms with Crippen molar-refractivity contribution in [1.29, 1.82) is 0 Å². The predicted octanol–water partition coefficient (Wildman–Crippen LogP) is 3.52. The highest BCUT2D eigenvalue weighted by Gasteiger charge is 2.30. The van der Waals surface area contributed by atoms with Gasteiger partial charge >= 0.3 is 5.00 Å². The van der Waals surface area contributed by atoms with Crippen molar-refractivity contribution in [3.05, 3.63) is 62.0 Å². The van der Waals surface area contributed by atoms with Gasteiger partial charge in [0.05, 0.1) is 15.8 Å². The third-order valence-electron chi connectivity index (χ3n) is 3.72. The molecule has 2 aromatic rings. The normalized spacial score (nSPS) is 17.2. The summed E-state index contributed by atoms with van der Waals surface area (Å²) in [5.41, 5.74) is 0.948. The Morgan fingerprint density at radius 2 is 2.17 bits per heavy atom. The van der Waals surface area contributed by atoms with Gasteiger partial charge in [0.2, 0.25) is 0 Å². The summed E-state index contributed by atoms with van der Waals surface area (Å²) in [5, 5.41) is 14.7. The molecule has 1 aromatic heterocycles. The van der Waals surface area contributed by atoms with Crippen LogP contribution in [0.2, 0.25) is 5.02 Å². The summed E-state index contributed by atoms with van der Waals surface area (Å²) in [6.45, 7) is 1.86. The van der Waals surface area contributed by atoms with E-state index in [2.05, 4.69) is 5.32 Å². The molecule has 0 saturated carbocycles. The van der Waals surface area contributed by atoms with Gasteiger partial charge in [0.1, 0.15) is 0 Å². The molecule has 9 heteroatoms. The summed E-state index contributed by atoms with van der Waals surface area (Å²) >= 11 is 6.96. The number of piperazine rings is 1. The van der Waals surface area contributed by atoms with Crippen LogP contribution in [0.15, 0.2) is 36.4 Å².